The van der Waals surface area contributed by atoms with Crippen molar-refractivity contribution in [2.75, 3.05) is 0 Å². The van der Waals surface area contributed by atoms with Gasteiger partial charge in [0.25, 0.3) is 0 Å². The number of alkyl halides is 1. The molecule has 6 heavy (non-hydrogen) atoms. The average molecular weight is 195 g/mol. The Kier molecular flexibility index (Phi) is 1.62. The fraction of sp³-hybridized carbons (Fsp3) is 1.00. The van der Waals surface area contributed by atoms with Crippen LogP contribution >= 0.6 is 22.6 Å². The molecule has 1 atom stereocenters. The zero-order valence-corrected chi connectivity index (χ0v) is 5.77. The summed E-state index contributed by atoms with van der Waals surface area (Å²) in [6.07, 6.45) is 0. The summed E-state index contributed by atoms with van der Waals surface area (Å²) in [4.78, 5) is 3.44. The SMILES string of the molecule is [2H]CC(C)(I)N=[B]. The van der Waals surface area contributed by atoms with E-state index in [2.05, 4.69) is 4.90 Å². The number of hydrogen-bond donors (Lipinski definition) is 0. The Hall–Kier alpha value is 0.595. The van der Waals surface area contributed by atoms with Gasteiger partial charge in [0, 0.05) is 0 Å². The van der Waals surface area contributed by atoms with E-state index in [-0.39, 0.29) is 10.4 Å². The Morgan fingerprint density at radius 1 is 2.17 bits per heavy atom. The Morgan fingerprint density at radius 3 is 2.67 bits per heavy atom. The molecule has 0 aliphatic heterocycles. The molecule has 0 aromatic carbocycles. The summed E-state index contributed by atoms with van der Waals surface area (Å²) >= 11 is 2.02. The summed E-state index contributed by atoms with van der Waals surface area (Å²) in [6, 6.07) is 0. The van der Waals surface area contributed by atoms with Crippen molar-refractivity contribution in [3.05, 3.63) is 0 Å². The summed E-state index contributed by atoms with van der Waals surface area (Å²) in [5.74, 6) is 0. The molecular weight excluding hydrogens is 188 g/mol. The van der Waals surface area contributed by atoms with E-state index < -0.39 is 0 Å². The van der Waals surface area contributed by atoms with E-state index in [1.165, 1.54) is 0 Å². The van der Waals surface area contributed by atoms with E-state index in [0.717, 1.165) is 0 Å². The zero-order chi connectivity index (χ0) is 5.91. The van der Waals surface area contributed by atoms with Gasteiger partial charge in [0.2, 0.25) is 0 Å². The molecule has 3 heteroatoms. The molecule has 0 N–H and O–H groups in total. The van der Waals surface area contributed by atoms with Gasteiger partial charge in [0.05, 0.1) is 0 Å². The monoisotopic (exact) mass is 195 g/mol. The van der Waals surface area contributed by atoms with E-state index in [0.29, 0.717) is 0 Å². The first kappa shape index (κ1) is 4.75. The van der Waals surface area contributed by atoms with E-state index in [1.54, 1.807) is 6.92 Å². The molecule has 0 saturated heterocycles. The fourth-order valence-corrected chi connectivity index (χ4v) is 0. The van der Waals surface area contributed by atoms with Gasteiger partial charge in [0.15, 0.2) is 0 Å². The van der Waals surface area contributed by atoms with Gasteiger partial charge < -0.3 is 0 Å². The molecule has 0 saturated carbocycles. The number of rotatable bonds is 1. The third-order valence-electron chi connectivity index (χ3n) is 0.269. The van der Waals surface area contributed by atoms with Crippen LogP contribution in [0.4, 0.5) is 0 Å². The van der Waals surface area contributed by atoms with Crippen molar-refractivity contribution < 1.29 is 1.37 Å². The minimum atomic E-state index is -0.377. The van der Waals surface area contributed by atoms with Crippen molar-refractivity contribution >= 4 is 30.2 Å². The quantitative estimate of drug-likeness (QED) is 0.260. The molecule has 0 amide bonds. The zero-order valence-electron chi connectivity index (χ0n) is 4.61. The summed E-state index contributed by atoms with van der Waals surface area (Å²) in [5.41, 5.74) is 0. The van der Waals surface area contributed by atoms with E-state index in [1.807, 2.05) is 22.6 Å². The van der Waals surface area contributed by atoms with Crippen LogP contribution in [0.1, 0.15) is 15.2 Å². The molecule has 0 fully saturated rings. The second kappa shape index (κ2) is 2.05. The van der Waals surface area contributed by atoms with E-state index in [9.17, 15) is 0 Å². The van der Waals surface area contributed by atoms with Crippen molar-refractivity contribution in [3.63, 3.8) is 0 Å². The predicted octanol–water partition coefficient (Wildman–Crippen LogP) is 1.51. The summed E-state index contributed by atoms with van der Waals surface area (Å²) in [5, 5.41) is 0. The van der Waals surface area contributed by atoms with Crippen molar-refractivity contribution in [2.24, 2.45) is 4.90 Å². The number of hydrogen-bond acceptors (Lipinski definition) is 1. The third kappa shape index (κ3) is 4.59. The third-order valence-corrected chi connectivity index (χ3v) is 0.548. The Morgan fingerprint density at radius 2 is 2.67 bits per heavy atom. The van der Waals surface area contributed by atoms with Crippen molar-refractivity contribution in [3.8, 4) is 0 Å². The first-order valence-electron chi connectivity index (χ1n) is 2.23. The van der Waals surface area contributed by atoms with Crippen LogP contribution in [0.2, 0.25) is 0 Å². The number of nitrogens with zero attached hydrogens (tertiary/aromatic N) is 1. The molecule has 0 aromatic heterocycles. The van der Waals surface area contributed by atoms with Gasteiger partial charge in [-0.25, -0.2) is 0 Å². The molecule has 0 heterocycles. The molecule has 0 rings (SSSR count). The molecule has 0 spiro atoms. The Labute approximate surface area is 54.2 Å². The summed E-state index contributed by atoms with van der Waals surface area (Å²) < 4.78 is 6.45. The maximum absolute atomic E-state index is 6.82. The maximum atomic E-state index is 6.82. The molecule has 0 aliphatic rings. The van der Waals surface area contributed by atoms with Crippen LogP contribution in [0, 0.1) is 0 Å². The first-order valence-corrected chi connectivity index (χ1v) is 2.60. The van der Waals surface area contributed by atoms with Crippen LogP contribution in [0.15, 0.2) is 4.90 Å². The van der Waals surface area contributed by atoms with Crippen LogP contribution in [-0.2, 0) is 0 Å². The standard InChI is InChI=1S/C3H6BIN/c1-3(2,5)6-4/h1-2H3/i1D. The van der Waals surface area contributed by atoms with Crippen LogP contribution in [0.3, 0.4) is 0 Å². The second-order valence-corrected chi connectivity index (χ2v) is 3.60. The van der Waals surface area contributed by atoms with Gasteiger partial charge >= 0.3 is 53.9 Å². The van der Waals surface area contributed by atoms with Crippen molar-refractivity contribution in [1.29, 1.82) is 0 Å². The molecule has 1 radical (unpaired) electrons. The van der Waals surface area contributed by atoms with Crippen LogP contribution < -0.4 is 0 Å². The predicted molar refractivity (Wildman–Crippen MR) is 36.3 cm³/mol. The molecule has 33 valence electrons. The van der Waals surface area contributed by atoms with Crippen molar-refractivity contribution in [2.45, 2.75) is 17.4 Å². The molecule has 1 nitrogen and oxygen atoms in total. The van der Waals surface area contributed by atoms with Gasteiger partial charge in [-0.3, -0.25) is 0 Å². The van der Waals surface area contributed by atoms with Crippen molar-refractivity contribution in [1.82, 2.24) is 0 Å². The first-order chi connectivity index (χ1) is 3.12. The molecule has 0 aliphatic carbocycles. The Balaban J connectivity index is 3.58. The van der Waals surface area contributed by atoms with Gasteiger partial charge in [0.1, 0.15) is 0 Å². The van der Waals surface area contributed by atoms with Crippen LogP contribution in [-0.4, -0.2) is 11.2 Å². The van der Waals surface area contributed by atoms with E-state index >= 15 is 0 Å². The van der Waals surface area contributed by atoms with E-state index in [4.69, 9.17) is 9.01 Å². The summed E-state index contributed by atoms with van der Waals surface area (Å²) in [7, 11) is 4.91. The van der Waals surface area contributed by atoms with Gasteiger partial charge in [-0.2, -0.15) is 0 Å². The van der Waals surface area contributed by atoms with Gasteiger partial charge in [-0.15, -0.1) is 0 Å². The Bertz CT molecular complexity index is 75.3. The average Bonchev–Trinajstić information content (AvgIpc) is 1.68. The second-order valence-electron chi connectivity index (χ2n) is 1.27. The molecule has 0 bridgehead atoms. The fourth-order valence-electron chi connectivity index (χ4n) is 0. The summed E-state index contributed by atoms with van der Waals surface area (Å²) in [6.45, 7) is 2.05. The molecular formula is C3H6BIN. The number of halogens is 1. The van der Waals surface area contributed by atoms with Gasteiger partial charge in [-0.1, -0.05) is 0 Å². The van der Waals surface area contributed by atoms with Gasteiger partial charge in [-0.05, 0) is 0 Å². The molecule has 0 aromatic rings. The van der Waals surface area contributed by atoms with Crippen LogP contribution in [0.25, 0.3) is 0 Å². The van der Waals surface area contributed by atoms with Crippen LogP contribution in [0.5, 0.6) is 0 Å². The topological polar surface area (TPSA) is 12.4 Å². The normalized spacial score (nSPS) is 21.2. The molecule has 1 unspecified atom stereocenters. The minimum absolute atomic E-state index is 0.240.